The monoisotopic (exact) mass is 400 g/mol. The summed E-state index contributed by atoms with van der Waals surface area (Å²) in [6.07, 6.45) is 5.04. The van der Waals surface area contributed by atoms with E-state index < -0.39 is 10.0 Å². The molecule has 1 saturated carbocycles. The van der Waals surface area contributed by atoms with Gasteiger partial charge < -0.3 is 5.32 Å². The van der Waals surface area contributed by atoms with Crippen LogP contribution in [0, 0.1) is 17.3 Å². The number of sulfonamides is 1. The maximum atomic E-state index is 12.6. The van der Waals surface area contributed by atoms with E-state index >= 15 is 0 Å². The van der Waals surface area contributed by atoms with Gasteiger partial charge in [0.2, 0.25) is 11.9 Å². The minimum Gasteiger partial charge on any atom is -0.326 e. The molecule has 2 aromatic rings. The molecule has 7 nitrogen and oxygen atoms in total. The summed E-state index contributed by atoms with van der Waals surface area (Å²) in [6.45, 7) is 8.21. The molecule has 0 aliphatic heterocycles. The lowest BCUT2D eigenvalue weighted by molar-refractivity contribution is -0.118. The van der Waals surface area contributed by atoms with Gasteiger partial charge in [0.1, 0.15) is 0 Å². The Bertz CT molecular complexity index is 996. The fraction of sp³-hybridized carbons (Fsp3) is 0.350. The van der Waals surface area contributed by atoms with Crippen molar-refractivity contribution in [2.24, 2.45) is 17.3 Å². The van der Waals surface area contributed by atoms with Crippen LogP contribution in [0.2, 0.25) is 0 Å². The molecule has 1 aliphatic rings. The number of rotatable bonds is 6. The molecule has 148 valence electrons. The third-order valence-corrected chi connectivity index (χ3v) is 6.27. The van der Waals surface area contributed by atoms with Crippen LogP contribution in [0.4, 0.5) is 11.6 Å². The number of hydrogen-bond acceptors (Lipinski definition) is 5. The van der Waals surface area contributed by atoms with Crippen molar-refractivity contribution in [3.63, 3.8) is 0 Å². The number of aromatic nitrogens is 2. The Morgan fingerprint density at radius 1 is 1.11 bits per heavy atom. The van der Waals surface area contributed by atoms with Gasteiger partial charge in [-0.15, -0.1) is 0 Å². The number of amides is 1. The number of carbonyl (C=O) groups is 1. The molecule has 28 heavy (non-hydrogen) atoms. The van der Waals surface area contributed by atoms with Crippen LogP contribution in [0.5, 0.6) is 0 Å². The smallest absolute Gasteiger partial charge is 0.264 e. The van der Waals surface area contributed by atoms with Crippen LogP contribution in [0.25, 0.3) is 0 Å². The van der Waals surface area contributed by atoms with Crippen LogP contribution in [0.15, 0.2) is 59.3 Å². The summed E-state index contributed by atoms with van der Waals surface area (Å²) in [6, 6.07) is 7.62. The lowest BCUT2D eigenvalue weighted by Crippen LogP contribution is -2.17. The third kappa shape index (κ3) is 4.22. The molecular formula is C20H24N4O3S. The van der Waals surface area contributed by atoms with Crippen LogP contribution in [0.1, 0.15) is 27.7 Å². The van der Waals surface area contributed by atoms with Crippen LogP contribution >= 0.6 is 0 Å². The summed E-state index contributed by atoms with van der Waals surface area (Å²) in [5, 5.41) is 2.88. The molecule has 1 fully saturated rings. The van der Waals surface area contributed by atoms with Crippen LogP contribution in [-0.4, -0.2) is 24.3 Å². The third-order valence-electron chi connectivity index (χ3n) is 4.93. The Morgan fingerprint density at radius 3 is 2.29 bits per heavy atom. The maximum absolute atomic E-state index is 12.6. The van der Waals surface area contributed by atoms with Crippen LogP contribution < -0.4 is 10.0 Å². The van der Waals surface area contributed by atoms with E-state index in [0.717, 1.165) is 0 Å². The minimum atomic E-state index is -3.80. The standard InChI is InChI=1S/C20H24N4O3S/c1-13(2)12-16-17(20(16,3)4)18(25)23-14-6-8-15(9-7-14)28(26,27)24-19-21-10-5-11-22-19/h5-12,16-17H,1-4H3,(H,23,25)(H,21,22,24). The molecule has 3 rings (SSSR count). The van der Waals surface area contributed by atoms with Gasteiger partial charge in [-0.2, -0.15) is 0 Å². The SMILES string of the molecule is CC(C)=CC1C(C(=O)Nc2ccc(S(=O)(=O)Nc3ncccn3)cc2)C1(C)C. The van der Waals surface area contributed by atoms with Gasteiger partial charge in [0.05, 0.1) is 10.8 Å². The molecular weight excluding hydrogens is 376 g/mol. The molecule has 0 saturated heterocycles. The summed E-state index contributed by atoms with van der Waals surface area (Å²) in [4.78, 5) is 20.4. The number of nitrogens with zero attached hydrogens (tertiary/aromatic N) is 2. The molecule has 0 bridgehead atoms. The molecule has 0 spiro atoms. The van der Waals surface area contributed by atoms with Crippen LogP contribution in [0.3, 0.4) is 0 Å². The second-order valence-electron chi connectivity index (χ2n) is 7.76. The van der Waals surface area contributed by atoms with E-state index in [0.29, 0.717) is 5.69 Å². The number of allylic oxidation sites excluding steroid dienone is 2. The van der Waals surface area contributed by atoms with E-state index in [9.17, 15) is 13.2 Å². The van der Waals surface area contributed by atoms with Gasteiger partial charge in [0.25, 0.3) is 10.0 Å². The first-order valence-electron chi connectivity index (χ1n) is 8.97. The fourth-order valence-electron chi connectivity index (χ4n) is 3.32. The van der Waals surface area contributed by atoms with E-state index in [2.05, 4.69) is 39.9 Å². The van der Waals surface area contributed by atoms with Crippen molar-refractivity contribution in [3.05, 3.63) is 54.4 Å². The van der Waals surface area contributed by atoms with Gasteiger partial charge in [0.15, 0.2) is 0 Å². The molecule has 2 unspecified atom stereocenters. The van der Waals surface area contributed by atoms with E-state index in [1.807, 2.05) is 13.8 Å². The topological polar surface area (TPSA) is 101 Å². The van der Waals surface area contributed by atoms with Crippen molar-refractivity contribution in [1.29, 1.82) is 0 Å². The Morgan fingerprint density at radius 2 is 1.71 bits per heavy atom. The van der Waals surface area contributed by atoms with Crippen molar-refractivity contribution in [3.8, 4) is 0 Å². The van der Waals surface area contributed by atoms with Gasteiger partial charge in [-0.3, -0.25) is 4.79 Å². The quantitative estimate of drug-likeness (QED) is 0.723. The summed E-state index contributed by atoms with van der Waals surface area (Å²) in [5.74, 6) is 0.0648. The predicted octanol–water partition coefficient (Wildman–Crippen LogP) is 3.45. The first-order valence-corrected chi connectivity index (χ1v) is 10.5. The number of hydrogen-bond donors (Lipinski definition) is 2. The average molecular weight is 401 g/mol. The molecule has 1 aromatic carbocycles. The Balaban J connectivity index is 1.68. The summed E-state index contributed by atoms with van der Waals surface area (Å²) in [7, 11) is -3.80. The van der Waals surface area contributed by atoms with Crippen molar-refractivity contribution in [2.75, 3.05) is 10.0 Å². The highest BCUT2D eigenvalue weighted by Gasteiger charge is 2.60. The second kappa shape index (κ2) is 7.35. The van der Waals surface area contributed by atoms with Crippen molar-refractivity contribution in [1.82, 2.24) is 9.97 Å². The van der Waals surface area contributed by atoms with E-state index in [-0.39, 0.29) is 34.0 Å². The highest BCUT2D eigenvalue weighted by atomic mass is 32.2. The predicted molar refractivity (Wildman–Crippen MR) is 108 cm³/mol. The molecule has 1 aliphatic carbocycles. The molecule has 2 N–H and O–H groups in total. The second-order valence-corrected chi connectivity index (χ2v) is 9.44. The molecule has 8 heteroatoms. The van der Waals surface area contributed by atoms with Crippen molar-refractivity contribution < 1.29 is 13.2 Å². The van der Waals surface area contributed by atoms with E-state index in [1.165, 1.54) is 30.1 Å². The number of carbonyl (C=O) groups excluding carboxylic acids is 1. The molecule has 1 aromatic heterocycles. The van der Waals surface area contributed by atoms with E-state index in [1.54, 1.807) is 18.2 Å². The van der Waals surface area contributed by atoms with Gasteiger partial charge in [-0.1, -0.05) is 25.5 Å². The Kier molecular flexibility index (Phi) is 5.25. The van der Waals surface area contributed by atoms with Crippen LogP contribution in [-0.2, 0) is 14.8 Å². The lowest BCUT2D eigenvalue weighted by Gasteiger charge is -2.09. The normalized spacial score (nSPS) is 20.1. The van der Waals surface area contributed by atoms with Gasteiger partial charge in [0, 0.05) is 18.1 Å². The van der Waals surface area contributed by atoms with Gasteiger partial charge in [-0.05, 0) is 55.5 Å². The highest BCUT2D eigenvalue weighted by molar-refractivity contribution is 7.92. The van der Waals surface area contributed by atoms with Crippen molar-refractivity contribution >= 4 is 27.6 Å². The number of benzene rings is 1. The zero-order valence-electron chi connectivity index (χ0n) is 16.3. The summed E-state index contributed by atoms with van der Waals surface area (Å²) in [5.41, 5.74) is 1.67. The number of anilines is 2. The molecule has 0 radical (unpaired) electrons. The van der Waals surface area contributed by atoms with E-state index in [4.69, 9.17) is 0 Å². The fourth-order valence-corrected chi connectivity index (χ4v) is 4.27. The van der Waals surface area contributed by atoms with Gasteiger partial charge >= 0.3 is 0 Å². The Hall–Kier alpha value is -2.74. The maximum Gasteiger partial charge on any atom is 0.264 e. The molecule has 1 amide bonds. The highest BCUT2D eigenvalue weighted by Crippen LogP contribution is 2.59. The minimum absolute atomic E-state index is 0.00107. The first-order chi connectivity index (χ1) is 13.1. The zero-order chi connectivity index (χ0) is 20.5. The summed E-state index contributed by atoms with van der Waals surface area (Å²) < 4.78 is 27.1. The molecule has 2 atom stereocenters. The number of nitrogens with one attached hydrogen (secondary N) is 2. The first kappa shape index (κ1) is 20.0. The lowest BCUT2D eigenvalue weighted by atomic mass is 10.1. The Labute approximate surface area is 165 Å². The van der Waals surface area contributed by atoms with Gasteiger partial charge in [-0.25, -0.2) is 23.1 Å². The zero-order valence-corrected chi connectivity index (χ0v) is 17.1. The molecule has 1 heterocycles. The largest absolute Gasteiger partial charge is 0.326 e. The van der Waals surface area contributed by atoms with Crippen molar-refractivity contribution in [2.45, 2.75) is 32.6 Å². The average Bonchev–Trinajstić information content (AvgIpc) is 3.15. The summed E-state index contributed by atoms with van der Waals surface area (Å²) >= 11 is 0.